The number of benzene rings is 2. The number of nitrogens with one attached hydrogen (secondary N) is 1. The van der Waals surface area contributed by atoms with Gasteiger partial charge in [-0.3, -0.25) is 20.1 Å². The number of thiazole rings is 1. The molecule has 0 aliphatic carbocycles. The van der Waals surface area contributed by atoms with E-state index >= 15 is 0 Å². The minimum Gasteiger partial charge on any atom is -0.444 e. The first-order chi connectivity index (χ1) is 16.2. The van der Waals surface area contributed by atoms with Crippen LogP contribution in [0.2, 0.25) is 0 Å². The van der Waals surface area contributed by atoms with Gasteiger partial charge in [-0.15, -0.1) is 11.3 Å². The molecule has 0 radical (unpaired) electrons. The molecule has 0 aliphatic rings. The van der Waals surface area contributed by atoms with Gasteiger partial charge in [0.2, 0.25) is 5.91 Å². The summed E-state index contributed by atoms with van der Waals surface area (Å²) in [7, 11) is 0. The minimum atomic E-state index is -0.550. The lowest BCUT2D eigenvalue weighted by atomic mass is 10.1. The molecule has 2 aromatic carbocycles. The fraction of sp³-hybridized carbons (Fsp3) is 0.120. The molecule has 8 heteroatoms. The quantitative estimate of drug-likeness (QED) is 0.399. The van der Waals surface area contributed by atoms with E-state index in [2.05, 4.69) is 15.3 Å². The van der Waals surface area contributed by atoms with E-state index < -0.39 is 6.09 Å². The van der Waals surface area contributed by atoms with E-state index in [0.717, 1.165) is 21.7 Å². The van der Waals surface area contributed by atoms with Crippen LogP contribution >= 0.6 is 11.3 Å². The molecule has 166 valence electrons. The van der Waals surface area contributed by atoms with E-state index in [1.165, 1.54) is 11.3 Å². The molecule has 0 fully saturated rings. The number of ether oxygens (including phenoxy) is 1. The van der Waals surface area contributed by atoms with Crippen LogP contribution in [0.25, 0.3) is 0 Å². The van der Waals surface area contributed by atoms with Crippen LogP contribution in [0.15, 0.2) is 90.8 Å². The first kappa shape index (κ1) is 22.2. The molecule has 2 amide bonds. The summed E-state index contributed by atoms with van der Waals surface area (Å²) in [5.41, 5.74) is 4.92. The number of aromatic nitrogens is 2. The molecule has 0 saturated carbocycles. The average molecular weight is 459 g/mol. The van der Waals surface area contributed by atoms with E-state index in [0.29, 0.717) is 12.2 Å². The van der Waals surface area contributed by atoms with Crippen molar-refractivity contribution in [3.05, 3.63) is 107 Å². The van der Waals surface area contributed by atoms with Crippen LogP contribution in [-0.4, -0.2) is 22.0 Å². The van der Waals surface area contributed by atoms with Crippen LogP contribution in [0.3, 0.4) is 0 Å². The smallest absolute Gasteiger partial charge is 0.411 e. The molecule has 4 aromatic rings. The molecular formula is C25H22N4O3S. The SMILES string of the molecule is O=C(Nc1ccc(N(Cc2ccccc2)C(=O)Cc2ccncc2)cc1)OCc1cncs1. The second-order valence-corrected chi connectivity index (χ2v) is 8.18. The first-order valence-corrected chi connectivity index (χ1v) is 11.2. The van der Waals surface area contributed by atoms with E-state index in [4.69, 9.17) is 4.74 Å². The van der Waals surface area contributed by atoms with Gasteiger partial charge in [-0.25, -0.2) is 4.79 Å². The minimum absolute atomic E-state index is 0.0327. The summed E-state index contributed by atoms with van der Waals surface area (Å²) in [5.74, 6) is -0.0327. The highest BCUT2D eigenvalue weighted by Crippen LogP contribution is 2.22. The molecule has 1 N–H and O–H groups in total. The Balaban J connectivity index is 1.45. The molecule has 2 heterocycles. The maximum Gasteiger partial charge on any atom is 0.411 e. The predicted molar refractivity (Wildman–Crippen MR) is 128 cm³/mol. The summed E-state index contributed by atoms with van der Waals surface area (Å²) in [4.78, 5) is 35.8. The van der Waals surface area contributed by atoms with Gasteiger partial charge in [-0.1, -0.05) is 30.3 Å². The van der Waals surface area contributed by atoms with Gasteiger partial charge in [-0.05, 0) is 47.5 Å². The number of amides is 2. The molecule has 0 unspecified atom stereocenters. The van der Waals surface area contributed by atoms with Crippen molar-refractivity contribution in [3.63, 3.8) is 0 Å². The van der Waals surface area contributed by atoms with Crippen molar-refractivity contribution in [2.24, 2.45) is 0 Å². The summed E-state index contributed by atoms with van der Waals surface area (Å²) >= 11 is 1.42. The van der Waals surface area contributed by atoms with Gasteiger partial charge >= 0.3 is 6.09 Å². The Morgan fingerprint density at radius 2 is 1.67 bits per heavy atom. The molecule has 0 aliphatic heterocycles. The zero-order chi connectivity index (χ0) is 22.9. The molecular weight excluding hydrogens is 436 g/mol. The highest BCUT2D eigenvalue weighted by molar-refractivity contribution is 7.09. The Labute approximate surface area is 195 Å². The average Bonchev–Trinajstić information content (AvgIpc) is 3.37. The van der Waals surface area contributed by atoms with Gasteiger partial charge in [0, 0.05) is 30.0 Å². The van der Waals surface area contributed by atoms with Crippen LogP contribution in [-0.2, 0) is 29.1 Å². The van der Waals surface area contributed by atoms with Crippen molar-refractivity contribution in [1.82, 2.24) is 9.97 Å². The zero-order valence-electron chi connectivity index (χ0n) is 17.8. The monoisotopic (exact) mass is 458 g/mol. The lowest BCUT2D eigenvalue weighted by Gasteiger charge is -2.23. The van der Waals surface area contributed by atoms with Gasteiger partial charge in [0.25, 0.3) is 0 Å². The molecule has 0 atom stereocenters. The van der Waals surface area contributed by atoms with Crippen molar-refractivity contribution in [1.29, 1.82) is 0 Å². The fourth-order valence-electron chi connectivity index (χ4n) is 3.19. The van der Waals surface area contributed by atoms with Crippen molar-refractivity contribution in [2.75, 3.05) is 10.2 Å². The van der Waals surface area contributed by atoms with Crippen LogP contribution in [0.1, 0.15) is 16.0 Å². The summed E-state index contributed by atoms with van der Waals surface area (Å²) in [5, 5.41) is 2.70. The van der Waals surface area contributed by atoms with E-state index in [1.54, 1.807) is 41.1 Å². The summed E-state index contributed by atoms with van der Waals surface area (Å²) < 4.78 is 5.20. The third-order valence-electron chi connectivity index (χ3n) is 4.84. The van der Waals surface area contributed by atoms with Crippen molar-refractivity contribution in [2.45, 2.75) is 19.6 Å². The standard InChI is InChI=1S/C25H22N4O3S/c30-24(14-19-10-12-26-13-11-19)29(16-20-4-2-1-3-5-20)22-8-6-21(7-9-22)28-25(31)32-17-23-15-27-18-33-23/h1-13,15,18H,14,16-17H2,(H,28,31). The van der Waals surface area contributed by atoms with Crippen LogP contribution in [0.4, 0.5) is 16.2 Å². The second kappa shape index (κ2) is 11.0. The third kappa shape index (κ3) is 6.47. The predicted octanol–water partition coefficient (Wildman–Crippen LogP) is 5.06. The number of nitrogens with zero attached hydrogens (tertiary/aromatic N) is 3. The number of hydrogen-bond acceptors (Lipinski definition) is 6. The third-order valence-corrected chi connectivity index (χ3v) is 5.60. The Bertz CT molecular complexity index is 1170. The topological polar surface area (TPSA) is 84.4 Å². The van der Waals surface area contributed by atoms with Crippen molar-refractivity contribution >= 4 is 34.7 Å². The normalized spacial score (nSPS) is 10.4. The maximum atomic E-state index is 13.2. The number of rotatable bonds is 8. The molecule has 7 nitrogen and oxygen atoms in total. The summed E-state index contributed by atoms with van der Waals surface area (Å²) in [6.07, 6.45) is 4.74. The van der Waals surface area contributed by atoms with E-state index in [1.807, 2.05) is 54.6 Å². The number of anilines is 2. The molecule has 4 rings (SSSR count). The first-order valence-electron chi connectivity index (χ1n) is 10.3. The lowest BCUT2D eigenvalue weighted by molar-refractivity contribution is -0.118. The van der Waals surface area contributed by atoms with Gasteiger partial charge in [0.15, 0.2) is 0 Å². The number of carbonyl (C=O) groups excluding carboxylic acids is 2. The summed E-state index contributed by atoms with van der Waals surface area (Å²) in [6.45, 7) is 0.608. The molecule has 2 aromatic heterocycles. The number of carbonyl (C=O) groups is 2. The van der Waals surface area contributed by atoms with Crippen molar-refractivity contribution in [3.8, 4) is 0 Å². The van der Waals surface area contributed by atoms with Gasteiger partial charge < -0.3 is 9.64 Å². The second-order valence-electron chi connectivity index (χ2n) is 7.21. The van der Waals surface area contributed by atoms with Crippen LogP contribution in [0, 0.1) is 0 Å². The highest BCUT2D eigenvalue weighted by atomic mass is 32.1. The maximum absolute atomic E-state index is 13.2. The molecule has 0 saturated heterocycles. The largest absolute Gasteiger partial charge is 0.444 e. The zero-order valence-corrected chi connectivity index (χ0v) is 18.6. The number of pyridine rings is 1. The van der Waals surface area contributed by atoms with Gasteiger partial charge in [0.1, 0.15) is 6.61 Å². The Morgan fingerprint density at radius 3 is 2.36 bits per heavy atom. The van der Waals surface area contributed by atoms with Gasteiger partial charge in [-0.2, -0.15) is 0 Å². The Hall–Kier alpha value is -4.04. The van der Waals surface area contributed by atoms with Gasteiger partial charge in [0.05, 0.1) is 23.4 Å². The molecule has 0 bridgehead atoms. The van der Waals surface area contributed by atoms with Crippen molar-refractivity contribution < 1.29 is 14.3 Å². The molecule has 0 spiro atoms. The van der Waals surface area contributed by atoms with E-state index in [9.17, 15) is 9.59 Å². The fourth-order valence-corrected chi connectivity index (χ4v) is 3.69. The Kier molecular flexibility index (Phi) is 7.40. The van der Waals surface area contributed by atoms with Crippen LogP contribution < -0.4 is 10.2 Å². The summed E-state index contributed by atoms with van der Waals surface area (Å²) in [6, 6.07) is 20.6. The lowest BCUT2D eigenvalue weighted by Crippen LogP contribution is -2.31. The number of hydrogen-bond donors (Lipinski definition) is 1. The highest BCUT2D eigenvalue weighted by Gasteiger charge is 2.17. The van der Waals surface area contributed by atoms with Crippen LogP contribution in [0.5, 0.6) is 0 Å². The van der Waals surface area contributed by atoms with E-state index in [-0.39, 0.29) is 18.9 Å². The Morgan fingerprint density at radius 1 is 0.909 bits per heavy atom. The molecule has 33 heavy (non-hydrogen) atoms.